The van der Waals surface area contributed by atoms with Gasteiger partial charge in [0.25, 0.3) is 0 Å². The lowest BCUT2D eigenvalue weighted by atomic mass is 10.1. The van der Waals surface area contributed by atoms with Crippen LogP contribution in [0.4, 0.5) is 11.4 Å². The van der Waals surface area contributed by atoms with Crippen LogP contribution in [-0.2, 0) is 6.42 Å². The van der Waals surface area contributed by atoms with Crippen LogP contribution in [0.15, 0.2) is 47.0 Å². The molecule has 0 fully saturated rings. The summed E-state index contributed by atoms with van der Waals surface area (Å²) in [6.45, 7) is 1.79. The van der Waals surface area contributed by atoms with Gasteiger partial charge in [-0.1, -0.05) is 52.6 Å². The third-order valence-electron chi connectivity index (χ3n) is 3.15. The lowest BCUT2D eigenvalue weighted by Gasteiger charge is -2.13. The predicted octanol–water partition coefficient (Wildman–Crippen LogP) is 5.02. The van der Waals surface area contributed by atoms with Crippen molar-refractivity contribution in [1.82, 2.24) is 10.1 Å². The van der Waals surface area contributed by atoms with Crippen LogP contribution in [-0.4, -0.2) is 10.1 Å². The Kier molecular flexibility index (Phi) is 4.32. The van der Waals surface area contributed by atoms with Gasteiger partial charge in [-0.2, -0.15) is 4.98 Å². The van der Waals surface area contributed by atoms with Crippen molar-refractivity contribution in [3.63, 3.8) is 0 Å². The van der Waals surface area contributed by atoms with Crippen molar-refractivity contribution in [2.24, 2.45) is 0 Å². The van der Waals surface area contributed by atoms with Crippen LogP contribution in [0, 0.1) is 6.92 Å². The quantitative estimate of drug-likeness (QED) is 0.728. The summed E-state index contributed by atoms with van der Waals surface area (Å²) in [4.78, 5) is 4.23. The zero-order chi connectivity index (χ0) is 15.5. The number of benzene rings is 2. The first-order valence-corrected chi connectivity index (χ1v) is 7.47. The molecule has 0 spiro atoms. The van der Waals surface area contributed by atoms with Crippen molar-refractivity contribution < 1.29 is 4.52 Å². The molecule has 0 amide bonds. The number of rotatable bonds is 4. The SMILES string of the molecule is Cc1noc(Cc2ccccc2Nc2c(Cl)cccc2Cl)n1. The molecule has 1 heterocycles. The molecule has 0 aliphatic heterocycles. The Balaban J connectivity index is 1.91. The molecule has 1 N–H and O–H groups in total. The summed E-state index contributed by atoms with van der Waals surface area (Å²) in [5, 5.41) is 8.22. The molecule has 0 saturated heterocycles. The number of hydrogen-bond donors (Lipinski definition) is 1. The van der Waals surface area contributed by atoms with E-state index < -0.39 is 0 Å². The van der Waals surface area contributed by atoms with Crippen LogP contribution < -0.4 is 5.32 Å². The van der Waals surface area contributed by atoms with E-state index in [0.29, 0.717) is 33.9 Å². The van der Waals surface area contributed by atoms with Gasteiger partial charge < -0.3 is 9.84 Å². The maximum absolute atomic E-state index is 6.21. The van der Waals surface area contributed by atoms with E-state index >= 15 is 0 Å². The number of hydrogen-bond acceptors (Lipinski definition) is 4. The lowest BCUT2D eigenvalue weighted by molar-refractivity contribution is 0.381. The Morgan fingerprint density at radius 1 is 1.05 bits per heavy atom. The Labute approximate surface area is 138 Å². The largest absolute Gasteiger partial charge is 0.353 e. The highest BCUT2D eigenvalue weighted by atomic mass is 35.5. The van der Waals surface area contributed by atoms with E-state index in [1.54, 1.807) is 19.1 Å². The van der Waals surface area contributed by atoms with Gasteiger partial charge in [0.1, 0.15) is 0 Å². The van der Waals surface area contributed by atoms with Crippen LogP contribution in [0.2, 0.25) is 10.0 Å². The Bertz CT molecular complexity index is 781. The van der Waals surface area contributed by atoms with Crippen molar-refractivity contribution in [3.05, 3.63) is 69.8 Å². The number of para-hydroxylation sites is 2. The first-order valence-electron chi connectivity index (χ1n) is 6.71. The average molecular weight is 334 g/mol. The molecule has 22 heavy (non-hydrogen) atoms. The molecule has 0 aliphatic rings. The highest BCUT2D eigenvalue weighted by Gasteiger charge is 2.11. The minimum absolute atomic E-state index is 0.534. The number of anilines is 2. The molecule has 0 bridgehead atoms. The van der Waals surface area contributed by atoms with Crippen LogP contribution in [0.3, 0.4) is 0 Å². The third kappa shape index (κ3) is 3.24. The lowest BCUT2D eigenvalue weighted by Crippen LogP contribution is -1.98. The molecule has 1 aromatic heterocycles. The van der Waals surface area contributed by atoms with E-state index in [1.165, 1.54) is 0 Å². The number of nitrogens with one attached hydrogen (secondary N) is 1. The van der Waals surface area contributed by atoms with Crippen molar-refractivity contribution in [2.45, 2.75) is 13.3 Å². The molecule has 2 aromatic carbocycles. The summed E-state index contributed by atoms with van der Waals surface area (Å²) >= 11 is 12.4. The molecule has 0 unspecified atom stereocenters. The van der Waals surface area contributed by atoms with Gasteiger partial charge in [0.15, 0.2) is 5.82 Å². The highest BCUT2D eigenvalue weighted by molar-refractivity contribution is 6.39. The molecule has 3 aromatic rings. The average Bonchev–Trinajstić information content (AvgIpc) is 2.90. The van der Waals surface area contributed by atoms with Gasteiger partial charge in [-0.25, -0.2) is 0 Å². The first kappa shape index (κ1) is 14.9. The smallest absolute Gasteiger partial charge is 0.231 e. The van der Waals surface area contributed by atoms with E-state index in [9.17, 15) is 0 Å². The van der Waals surface area contributed by atoms with E-state index in [-0.39, 0.29) is 0 Å². The summed E-state index contributed by atoms with van der Waals surface area (Å²) in [5.74, 6) is 1.19. The number of nitrogens with zero attached hydrogens (tertiary/aromatic N) is 2. The molecule has 0 aliphatic carbocycles. The zero-order valence-corrected chi connectivity index (χ0v) is 13.3. The molecule has 3 rings (SSSR count). The molecule has 0 atom stereocenters. The minimum atomic E-state index is 0.534. The third-order valence-corrected chi connectivity index (χ3v) is 3.78. The first-order chi connectivity index (χ1) is 10.6. The Hall–Kier alpha value is -2.04. The second-order valence-corrected chi connectivity index (χ2v) is 5.61. The summed E-state index contributed by atoms with van der Waals surface area (Å²) in [6.07, 6.45) is 0.534. The van der Waals surface area contributed by atoms with Crippen molar-refractivity contribution in [3.8, 4) is 0 Å². The van der Waals surface area contributed by atoms with Crippen LogP contribution in [0.25, 0.3) is 0 Å². The molecular formula is C16H13Cl2N3O. The van der Waals surface area contributed by atoms with Gasteiger partial charge in [-0.05, 0) is 30.7 Å². The standard InChI is InChI=1S/C16H13Cl2N3O/c1-10-19-15(22-21-10)9-11-5-2-3-8-14(11)20-16-12(17)6-4-7-13(16)18/h2-8,20H,9H2,1H3. The number of halogens is 2. The van der Waals surface area contributed by atoms with E-state index in [0.717, 1.165) is 11.3 Å². The zero-order valence-electron chi connectivity index (χ0n) is 11.8. The van der Waals surface area contributed by atoms with Gasteiger partial charge in [0.05, 0.1) is 22.2 Å². The van der Waals surface area contributed by atoms with Gasteiger partial charge >= 0.3 is 0 Å². The van der Waals surface area contributed by atoms with Crippen molar-refractivity contribution in [2.75, 3.05) is 5.32 Å². The number of aryl methyl sites for hydroxylation is 1. The van der Waals surface area contributed by atoms with E-state index in [1.807, 2.05) is 30.3 Å². The summed E-state index contributed by atoms with van der Waals surface area (Å²) < 4.78 is 5.18. The topological polar surface area (TPSA) is 51.0 Å². The van der Waals surface area contributed by atoms with E-state index in [4.69, 9.17) is 27.7 Å². The second-order valence-electron chi connectivity index (χ2n) is 4.79. The fraction of sp³-hybridized carbons (Fsp3) is 0.125. The predicted molar refractivity (Wildman–Crippen MR) is 88.0 cm³/mol. The maximum atomic E-state index is 6.21. The number of aromatic nitrogens is 2. The van der Waals surface area contributed by atoms with Gasteiger partial charge in [-0.15, -0.1) is 0 Å². The summed E-state index contributed by atoms with van der Waals surface area (Å²) in [6, 6.07) is 13.2. The van der Waals surface area contributed by atoms with Crippen molar-refractivity contribution >= 4 is 34.6 Å². The molecule has 0 radical (unpaired) electrons. The Morgan fingerprint density at radius 2 is 1.77 bits per heavy atom. The van der Waals surface area contributed by atoms with Crippen LogP contribution >= 0.6 is 23.2 Å². The molecule has 6 heteroatoms. The Morgan fingerprint density at radius 3 is 2.45 bits per heavy atom. The highest BCUT2D eigenvalue weighted by Crippen LogP contribution is 2.33. The molecular weight excluding hydrogens is 321 g/mol. The van der Waals surface area contributed by atoms with Gasteiger partial charge in [0.2, 0.25) is 5.89 Å². The van der Waals surface area contributed by atoms with Gasteiger partial charge in [0, 0.05) is 5.69 Å². The van der Waals surface area contributed by atoms with Crippen molar-refractivity contribution in [1.29, 1.82) is 0 Å². The monoisotopic (exact) mass is 333 g/mol. The fourth-order valence-electron chi connectivity index (χ4n) is 2.12. The second kappa shape index (κ2) is 6.38. The minimum Gasteiger partial charge on any atom is -0.353 e. The normalized spacial score (nSPS) is 10.7. The summed E-state index contributed by atoms with van der Waals surface area (Å²) in [5.41, 5.74) is 2.59. The molecule has 112 valence electrons. The fourth-order valence-corrected chi connectivity index (χ4v) is 2.62. The molecule has 0 saturated carbocycles. The van der Waals surface area contributed by atoms with E-state index in [2.05, 4.69) is 15.5 Å². The summed E-state index contributed by atoms with van der Waals surface area (Å²) in [7, 11) is 0. The van der Waals surface area contributed by atoms with Crippen LogP contribution in [0.1, 0.15) is 17.3 Å². The molecule has 4 nitrogen and oxygen atoms in total. The maximum Gasteiger partial charge on any atom is 0.231 e. The van der Waals surface area contributed by atoms with Crippen LogP contribution in [0.5, 0.6) is 0 Å². The van der Waals surface area contributed by atoms with Gasteiger partial charge in [-0.3, -0.25) is 0 Å².